The Bertz CT molecular complexity index is 656. The van der Waals surface area contributed by atoms with Gasteiger partial charge in [0.2, 0.25) is 0 Å². The molecule has 0 bridgehead atoms. The maximum atomic E-state index is 12.7. The number of aryl methyl sites for hydroxylation is 2. The summed E-state index contributed by atoms with van der Waals surface area (Å²) >= 11 is 5.55. The number of halogens is 4. The van der Waals surface area contributed by atoms with Gasteiger partial charge in [0, 0.05) is 0 Å². The first kappa shape index (κ1) is 15.5. The fraction of sp³-hybridized carbons (Fsp3) is 0.200. The van der Waals surface area contributed by atoms with Crippen molar-refractivity contribution in [3.63, 3.8) is 0 Å². The van der Waals surface area contributed by atoms with Crippen LogP contribution in [-0.2, 0) is 6.18 Å². The topological polar surface area (TPSA) is 21.3 Å². The predicted molar refractivity (Wildman–Crippen MR) is 76.6 cm³/mol. The van der Waals surface area contributed by atoms with Crippen LogP contribution in [0.3, 0.4) is 0 Å². The largest absolute Gasteiger partial charge is 0.417 e. The van der Waals surface area contributed by atoms with E-state index in [-0.39, 0.29) is 10.8 Å². The van der Waals surface area contributed by atoms with Crippen LogP contribution >= 0.6 is 11.6 Å². The van der Waals surface area contributed by atoms with E-state index in [4.69, 9.17) is 16.4 Å². The molecule has 0 fully saturated rings. The van der Waals surface area contributed by atoms with Gasteiger partial charge in [-0.2, -0.15) is 13.2 Å². The van der Waals surface area contributed by atoms with Gasteiger partial charge < -0.3 is 4.84 Å². The van der Waals surface area contributed by atoms with Gasteiger partial charge in [-0.15, -0.1) is 0 Å². The Hall–Kier alpha value is -1.88. The van der Waals surface area contributed by atoms with Crippen LogP contribution in [0.1, 0.15) is 16.7 Å². The quantitative estimate of drug-likeness (QED) is 0.768. The second-order valence-electron chi connectivity index (χ2n) is 4.66. The molecule has 0 heterocycles. The van der Waals surface area contributed by atoms with Crippen molar-refractivity contribution in [2.45, 2.75) is 20.0 Å². The second kappa shape index (κ2) is 5.85. The van der Waals surface area contributed by atoms with Crippen molar-refractivity contribution in [2.75, 3.05) is 5.48 Å². The standard InChI is InChI=1S/C15H13ClF3NO/c1-9-3-4-10(2)14(7-9)20-21-11-5-6-13(16)12(8-11)15(17,18)19/h3-8,20H,1-2H3. The molecule has 0 unspecified atom stereocenters. The molecule has 112 valence electrons. The fourth-order valence-corrected chi connectivity index (χ4v) is 1.97. The summed E-state index contributed by atoms with van der Waals surface area (Å²) in [5, 5.41) is -0.360. The predicted octanol–water partition coefficient (Wildman–Crippen LogP) is 5.38. The van der Waals surface area contributed by atoms with Crippen LogP contribution < -0.4 is 10.3 Å². The highest BCUT2D eigenvalue weighted by Gasteiger charge is 2.33. The molecule has 6 heteroatoms. The zero-order chi connectivity index (χ0) is 15.6. The number of hydrogen-bond donors (Lipinski definition) is 1. The van der Waals surface area contributed by atoms with Crippen molar-refractivity contribution in [1.82, 2.24) is 0 Å². The first-order chi connectivity index (χ1) is 9.77. The van der Waals surface area contributed by atoms with E-state index in [1.54, 1.807) is 0 Å². The summed E-state index contributed by atoms with van der Waals surface area (Å²) in [4.78, 5) is 5.21. The molecule has 0 amide bonds. The van der Waals surface area contributed by atoms with Gasteiger partial charge in [-0.05, 0) is 49.2 Å². The van der Waals surface area contributed by atoms with Crippen LogP contribution in [-0.4, -0.2) is 0 Å². The monoisotopic (exact) mass is 315 g/mol. The SMILES string of the molecule is Cc1ccc(C)c(NOc2ccc(Cl)c(C(F)(F)F)c2)c1. The van der Waals surface area contributed by atoms with Crippen LogP contribution in [0.4, 0.5) is 18.9 Å². The minimum absolute atomic E-state index is 0.0348. The molecule has 0 spiro atoms. The second-order valence-corrected chi connectivity index (χ2v) is 5.07. The molecule has 2 aromatic carbocycles. The summed E-state index contributed by atoms with van der Waals surface area (Å²) in [5.41, 5.74) is 4.36. The average molecular weight is 316 g/mol. The molecule has 0 aliphatic heterocycles. The molecule has 21 heavy (non-hydrogen) atoms. The molecule has 2 nitrogen and oxygen atoms in total. The maximum absolute atomic E-state index is 12.7. The molecule has 2 rings (SSSR count). The number of alkyl halides is 3. The van der Waals surface area contributed by atoms with Gasteiger partial charge in [-0.25, -0.2) is 5.48 Å². The lowest BCUT2D eigenvalue weighted by Gasteiger charge is -2.14. The van der Waals surface area contributed by atoms with E-state index >= 15 is 0 Å². The minimum Gasteiger partial charge on any atom is -0.382 e. The summed E-state index contributed by atoms with van der Waals surface area (Å²) in [7, 11) is 0. The van der Waals surface area contributed by atoms with E-state index < -0.39 is 11.7 Å². The van der Waals surface area contributed by atoms with Crippen molar-refractivity contribution >= 4 is 17.3 Å². The average Bonchev–Trinajstić information content (AvgIpc) is 2.40. The van der Waals surface area contributed by atoms with Gasteiger partial charge in [0.25, 0.3) is 0 Å². The summed E-state index contributed by atoms with van der Waals surface area (Å²) in [6.07, 6.45) is -4.52. The lowest BCUT2D eigenvalue weighted by atomic mass is 10.1. The zero-order valence-electron chi connectivity index (χ0n) is 11.4. The first-order valence-electron chi connectivity index (χ1n) is 6.14. The normalized spacial score (nSPS) is 11.3. The fourth-order valence-electron chi connectivity index (χ4n) is 1.74. The Morgan fingerprint density at radius 2 is 1.76 bits per heavy atom. The van der Waals surface area contributed by atoms with Crippen LogP contribution in [0.25, 0.3) is 0 Å². The summed E-state index contributed by atoms with van der Waals surface area (Å²) in [6.45, 7) is 3.78. The number of anilines is 1. The van der Waals surface area contributed by atoms with Gasteiger partial charge in [-0.3, -0.25) is 0 Å². The van der Waals surface area contributed by atoms with Crippen molar-refractivity contribution in [3.8, 4) is 5.75 Å². The number of rotatable bonds is 3. The van der Waals surface area contributed by atoms with Gasteiger partial charge in [0.05, 0.1) is 16.3 Å². The Morgan fingerprint density at radius 3 is 2.43 bits per heavy atom. The van der Waals surface area contributed by atoms with Gasteiger partial charge in [0.15, 0.2) is 5.75 Å². The van der Waals surface area contributed by atoms with E-state index in [0.29, 0.717) is 5.69 Å². The van der Waals surface area contributed by atoms with Gasteiger partial charge >= 0.3 is 6.18 Å². The molecule has 0 saturated heterocycles. The molecule has 2 aromatic rings. The third-order valence-corrected chi connectivity index (χ3v) is 3.24. The molecule has 0 aromatic heterocycles. The molecule has 0 radical (unpaired) electrons. The summed E-state index contributed by atoms with van der Waals surface area (Å²) < 4.78 is 38.2. The molecule has 1 N–H and O–H groups in total. The number of benzene rings is 2. The highest BCUT2D eigenvalue weighted by molar-refractivity contribution is 6.31. The Balaban J connectivity index is 2.19. The lowest BCUT2D eigenvalue weighted by Crippen LogP contribution is -2.09. The minimum atomic E-state index is -4.52. The third kappa shape index (κ3) is 3.82. The van der Waals surface area contributed by atoms with Crippen molar-refractivity contribution in [2.24, 2.45) is 0 Å². The first-order valence-corrected chi connectivity index (χ1v) is 6.52. The van der Waals surface area contributed by atoms with Crippen LogP contribution in [0.15, 0.2) is 36.4 Å². The highest BCUT2D eigenvalue weighted by atomic mass is 35.5. The molecule has 0 atom stereocenters. The molecule has 0 aliphatic carbocycles. The van der Waals surface area contributed by atoms with E-state index in [0.717, 1.165) is 23.3 Å². The van der Waals surface area contributed by atoms with Crippen LogP contribution in [0.5, 0.6) is 5.75 Å². The third-order valence-electron chi connectivity index (χ3n) is 2.92. The lowest BCUT2D eigenvalue weighted by molar-refractivity contribution is -0.137. The molecular formula is C15H13ClF3NO. The van der Waals surface area contributed by atoms with Crippen LogP contribution in [0, 0.1) is 13.8 Å². The van der Waals surface area contributed by atoms with Crippen molar-refractivity contribution < 1.29 is 18.0 Å². The summed E-state index contributed by atoms with van der Waals surface area (Å²) in [5.74, 6) is 0.0348. The smallest absolute Gasteiger partial charge is 0.382 e. The summed E-state index contributed by atoms with van der Waals surface area (Å²) in [6, 6.07) is 9.06. The van der Waals surface area contributed by atoms with Crippen LogP contribution in [0.2, 0.25) is 5.02 Å². The Kier molecular flexibility index (Phi) is 4.32. The molecule has 0 aliphatic rings. The van der Waals surface area contributed by atoms with E-state index in [9.17, 15) is 13.2 Å². The zero-order valence-corrected chi connectivity index (χ0v) is 12.1. The molecular weight excluding hydrogens is 303 g/mol. The Morgan fingerprint density at radius 1 is 1.05 bits per heavy atom. The highest BCUT2D eigenvalue weighted by Crippen LogP contribution is 2.36. The number of nitrogens with one attached hydrogen (secondary N) is 1. The van der Waals surface area contributed by atoms with Gasteiger partial charge in [-0.1, -0.05) is 23.7 Å². The Labute approximate surface area is 125 Å². The van der Waals surface area contributed by atoms with E-state index in [1.807, 2.05) is 32.0 Å². The van der Waals surface area contributed by atoms with Crippen molar-refractivity contribution in [1.29, 1.82) is 0 Å². The number of hydrogen-bond acceptors (Lipinski definition) is 2. The van der Waals surface area contributed by atoms with E-state index in [1.165, 1.54) is 6.07 Å². The van der Waals surface area contributed by atoms with Gasteiger partial charge in [0.1, 0.15) is 0 Å². The maximum Gasteiger partial charge on any atom is 0.417 e. The van der Waals surface area contributed by atoms with Crippen molar-refractivity contribution in [3.05, 3.63) is 58.1 Å². The molecule has 0 saturated carbocycles. The van der Waals surface area contributed by atoms with E-state index in [2.05, 4.69) is 5.48 Å².